The van der Waals surface area contributed by atoms with Gasteiger partial charge in [-0.15, -0.1) is 0 Å². The molecule has 29 heavy (non-hydrogen) atoms. The molecule has 0 atom stereocenters. The molecule has 0 saturated carbocycles. The van der Waals surface area contributed by atoms with E-state index in [2.05, 4.69) is 5.32 Å². The van der Waals surface area contributed by atoms with Gasteiger partial charge >= 0.3 is 0 Å². The van der Waals surface area contributed by atoms with Crippen molar-refractivity contribution in [2.75, 3.05) is 11.9 Å². The molecule has 1 amide bonds. The third-order valence-corrected chi connectivity index (χ3v) is 4.37. The van der Waals surface area contributed by atoms with Crippen LogP contribution in [0.3, 0.4) is 0 Å². The second-order valence-corrected chi connectivity index (χ2v) is 6.41. The van der Waals surface area contributed by atoms with E-state index in [4.69, 9.17) is 4.74 Å². The molecule has 0 bridgehead atoms. The van der Waals surface area contributed by atoms with E-state index in [1.54, 1.807) is 72.8 Å². The fraction of sp³-hybridized carbons (Fsp3) is 0.125. The number of benzene rings is 3. The van der Waals surface area contributed by atoms with Gasteiger partial charge in [0, 0.05) is 28.8 Å². The van der Waals surface area contributed by atoms with Crippen LogP contribution in [0.15, 0.2) is 78.9 Å². The summed E-state index contributed by atoms with van der Waals surface area (Å²) >= 11 is 0. The lowest BCUT2D eigenvalue weighted by atomic mass is 10.1. The number of nitrogens with one attached hydrogen (secondary N) is 1. The molecule has 0 unspecified atom stereocenters. The van der Waals surface area contributed by atoms with Crippen LogP contribution in [0.2, 0.25) is 0 Å². The second kappa shape index (κ2) is 9.46. The van der Waals surface area contributed by atoms with Crippen LogP contribution in [-0.4, -0.2) is 24.1 Å². The summed E-state index contributed by atoms with van der Waals surface area (Å²) in [5.74, 6) is 0.197. The molecule has 0 aliphatic carbocycles. The Balaban J connectivity index is 1.55. The van der Waals surface area contributed by atoms with Crippen molar-refractivity contribution >= 4 is 23.2 Å². The van der Waals surface area contributed by atoms with Gasteiger partial charge in [-0.3, -0.25) is 14.4 Å². The summed E-state index contributed by atoms with van der Waals surface area (Å²) in [6.45, 7) is 1.70. The highest BCUT2D eigenvalue weighted by Gasteiger charge is 2.09. The maximum Gasteiger partial charge on any atom is 0.255 e. The van der Waals surface area contributed by atoms with Gasteiger partial charge in [-0.05, 0) is 60.7 Å². The van der Waals surface area contributed by atoms with Crippen LogP contribution in [-0.2, 0) is 0 Å². The fourth-order valence-corrected chi connectivity index (χ4v) is 2.71. The fourth-order valence-electron chi connectivity index (χ4n) is 2.71. The van der Waals surface area contributed by atoms with Crippen LogP contribution >= 0.6 is 0 Å². The Morgan fingerprint density at radius 1 is 0.724 bits per heavy atom. The van der Waals surface area contributed by atoms with Gasteiger partial charge in [0.1, 0.15) is 5.75 Å². The van der Waals surface area contributed by atoms with Crippen LogP contribution in [0.5, 0.6) is 5.75 Å². The normalized spacial score (nSPS) is 10.2. The largest absolute Gasteiger partial charge is 0.485 e. The first kappa shape index (κ1) is 20.0. The minimum Gasteiger partial charge on any atom is -0.485 e. The van der Waals surface area contributed by atoms with Crippen molar-refractivity contribution in [2.45, 2.75) is 13.3 Å². The SMILES string of the molecule is CCC(=O)c1ccc(OCC(=O)c2ccc(NC(=O)c3ccccc3)cc2)cc1. The van der Waals surface area contributed by atoms with E-state index in [1.807, 2.05) is 13.0 Å². The number of carbonyl (C=O) groups is 3. The van der Waals surface area contributed by atoms with E-state index in [9.17, 15) is 14.4 Å². The van der Waals surface area contributed by atoms with Gasteiger partial charge in [0.2, 0.25) is 0 Å². The Bertz CT molecular complexity index is 993. The highest BCUT2D eigenvalue weighted by atomic mass is 16.5. The molecule has 0 heterocycles. The first-order valence-corrected chi connectivity index (χ1v) is 9.32. The van der Waals surface area contributed by atoms with Gasteiger partial charge in [-0.1, -0.05) is 25.1 Å². The van der Waals surface area contributed by atoms with Crippen LogP contribution in [0.4, 0.5) is 5.69 Å². The summed E-state index contributed by atoms with van der Waals surface area (Å²) in [5.41, 5.74) is 2.28. The highest BCUT2D eigenvalue weighted by molar-refractivity contribution is 6.04. The number of ether oxygens (including phenoxy) is 1. The van der Waals surface area contributed by atoms with Crippen molar-refractivity contribution in [3.8, 4) is 5.75 Å². The average Bonchev–Trinajstić information content (AvgIpc) is 2.78. The minimum atomic E-state index is -0.210. The Kier molecular flexibility index (Phi) is 6.53. The summed E-state index contributed by atoms with van der Waals surface area (Å²) in [4.78, 5) is 36.1. The third-order valence-electron chi connectivity index (χ3n) is 4.37. The summed E-state index contributed by atoms with van der Waals surface area (Å²) in [5, 5.41) is 2.79. The van der Waals surface area contributed by atoms with Crippen molar-refractivity contribution in [1.29, 1.82) is 0 Å². The zero-order chi connectivity index (χ0) is 20.6. The topological polar surface area (TPSA) is 72.5 Å². The summed E-state index contributed by atoms with van der Waals surface area (Å²) in [6, 6.07) is 22.3. The monoisotopic (exact) mass is 387 g/mol. The molecule has 0 aliphatic rings. The molecule has 0 saturated heterocycles. The number of anilines is 1. The highest BCUT2D eigenvalue weighted by Crippen LogP contribution is 2.15. The summed E-state index contributed by atoms with van der Waals surface area (Å²) in [7, 11) is 0. The molecule has 0 aromatic heterocycles. The van der Waals surface area contributed by atoms with E-state index < -0.39 is 0 Å². The Labute approximate surface area is 169 Å². The van der Waals surface area contributed by atoms with E-state index in [0.29, 0.717) is 34.5 Å². The molecular weight excluding hydrogens is 366 g/mol. The average molecular weight is 387 g/mol. The van der Waals surface area contributed by atoms with Gasteiger partial charge in [0.25, 0.3) is 5.91 Å². The lowest BCUT2D eigenvalue weighted by Gasteiger charge is -2.08. The van der Waals surface area contributed by atoms with Crippen LogP contribution in [0, 0.1) is 0 Å². The molecule has 5 heteroatoms. The molecule has 0 aliphatic heterocycles. The van der Waals surface area contributed by atoms with Crippen LogP contribution in [0.1, 0.15) is 44.4 Å². The number of ketones is 2. The number of hydrogen-bond donors (Lipinski definition) is 1. The lowest BCUT2D eigenvalue weighted by Crippen LogP contribution is -2.13. The zero-order valence-corrected chi connectivity index (χ0v) is 16.1. The predicted octanol–water partition coefficient (Wildman–Crippen LogP) is 4.79. The van der Waals surface area contributed by atoms with Crippen LogP contribution < -0.4 is 10.1 Å². The van der Waals surface area contributed by atoms with E-state index in [0.717, 1.165) is 0 Å². The zero-order valence-electron chi connectivity index (χ0n) is 16.1. The molecule has 146 valence electrons. The number of amides is 1. The number of rotatable bonds is 8. The molecule has 3 rings (SSSR count). The van der Waals surface area contributed by atoms with Crippen molar-refractivity contribution in [1.82, 2.24) is 0 Å². The Hall–Kier alpha value is -3.73. The molecule has 1 N–H and O–H groups in total. The molecule has 0 radical (unpaired) electrons. The van der Waals surface area contributed by atoms with Crippen molar-refractivity contribution in [3.63, 3.8) is 0 Å². The van der Waals surface area contributed by atoms with Gasteiger partial charge in [0.05, 0.1) is 0 Å². The molecule has 0 fully saturated rings. The molecular formula is C24H21NO4. The maximum atomic E-state index is 12.3. The van der Waals surface area contributed by atoms with E-state index in [-0.39, 0.29) is 24.1 Å². The van der Waals surface area contributed by atoms with Crippen LogP contribution in [0.25, 0.3) is 0 Å². The van der Waals surface area contributed by atoms with Crippen molar-refractivity contribution in [3.05, 3.63) is 95.6 Å². The quantitative estimate of drug-likeness (QED) is 0.564. The molecule has 3 aromatic rings. The van der Waals surface area contributed by atoms with E-state index >= 15 is 0 Å². The van der Waals surface area contributed by atoms with Gasteiger partial charge in [0.15, 0.2) is 18.2 Å². The summed E-state index contributed by atoms with van der Waals surface area (Å²) < 4.78 is 5.51. The Morgan fingerprint density at radius 2 is 1.31 bits per heavy atom. The number of hydrogen-bond acceptors (Lipinski definition) is 4. The first-order chi connectivity index (χ1) is 14.1. The van der Waals surface area contributed by atoms with Gasteiger partial charge < -0.3 is 10.1 Å². The molecule has 3 aromatic carbocycles. The molecule has 5 nitrogen and oxygen atoms in total. The van der Waals surface area contributed by atoms with Crippen molar-refractivity contribution < 1.29 is 19.1 Å². The summed E-state index contributed by atoms with van der Waals surface area (Å²) in [6.07, 6.45) is 0.445. The van der Waals surface area contributed by atoms with E-state index in [1.165, 1.54) is 0 Å². The third kappa shape index (κ3) is 5.39. The predicted molar refractivity (Wildman–Crippen MR) is 112 cm³/mol. The van der Waals surface area contributed by atoms with Crippen molar-refractivity contribution in [2.24, 2.45) is 0 Å². The minimum absolute atomic E-state index is 0.0621. The standard InChI is InChI=1S/C24H21NO4/c1-2-22(26)17-10-14-21(15-11-17)29-16-23(27)18-8-12-20(13-9-18)25-24(28)19-6-4-3-5-7-19/h3-15H,2,16H2,1H3,(H,25,28). The molecule has 0 spiro atoms. The van der Waals surface area contributed by atoms with Gasteiger partial charge in [-0.25, -0.2) is 0 Å². The Morgan fingerprint density at radius 3 is 1.93 bits per heavy atom. The number of Topliss-reactive ketones (excluding diaryl/α,β-unsaturated/α-hetero) is 2. The number of carbonyl (C=O) groups excluding carboxylic acids is 3. The first-order valence-electron chi connectivity index (χ1n) is 9.32. The maximum absolute atomic E-state index is 12.3. The second-order valence-electron chi connectivity index (χ2n) is 6.41. The lowest BCUT2D eigenvalue weighted by molar-refractivity contribution is 0.0920. The van der Waals surface area contributed by atoms with Gasteiger partial charge in [-0.2, -0.15) is 0 Å². The smallest absolute Gasteiger partial charge is 0.255 e.